The molecule has 2 aromatic rings. The highest BCUT2D eigenvalue weighted by molar-refractivity contribution is 5.94. The number of carbonyl (C=O) groups is 2. The van der Waals surface area contributed by atoms with E-state index in [1.165, 1.54) is 18.0 Å². The van der Waals surface area contributed by atoms with E-state index in [1.807, 2.05) is 18.2 Å². The molecule has 3 rings (SSSR count). The molecule has 1 heterocycles. The third-order valence-electron chi connectivity index (χ3n) is 3.81. The first-order chi connectivity index (χ1) is 10.6. The van der Waals surface area contributed by atoms with Gasteiger partial charge in [-0.15, -0.1) is 0 Å². The van der Waals surface area contributed by atoms with E-state index < -0.39 is 5.91 Å². The Balaban J connectivity index is 1.76. The van der Waals surface area contributed by atoms with Crippen molar-refractivity contribution in [3.8, 4) is 0 Å². The van der Waals surface area contributed by atoms with Gasteiger partial charge < -0.3 is 11.1 Å². The van der Waals surface area contributed by atoms with Crippen LogP contribution in [0.15, 0.2) is 36.7 Å². The minimum absolute atomic E-state index is 0.0185. The maximum atomic E-state index is 12.3. The van der Waals surface area contributed by atoms with Crippen molar-refractivity contribution in [1.29, 1.82) is 0 Å². The molecule has 6 heteroatoms. The number of nitrogens with zero attached hydrogens (tertiary/aromatic N) is 2. The standard InChI is InChI=1S/C16H16N4O2/c17-15(21)13-8-19-14(9-18-13)16(22)20-12-7-3-5-10-4-1-2-6-11(10)12/h1-2,4,6,8-9,12H,3,5,7H2,(H2,17,21)(H,20,22)/t12-/m0/s1. The van der Waals surface area contributed by atoms with E-state index in [0.29, 0.717) is 0 Å². The van der Waals surface area contributed by atoms with Gasteiger partial charge in [-0.1, -0.05) is 24.3 Å². The molecule has 0 saturated carbocycles. The lowest BCUT2D eigenvalue weighted by Gasteiger charge is -2.26. The van der Waals surface area contributed by atoms with Crippen molar-refractivity contribution in [3.05, 3.63) is 59.2 Å². The quantitative estimate of drug-likeness (QED) is 0.894. The molecule has 1 aromatic heterocycles. The Bertz CT molecular complexity index is 712. The molecule has 6 nitrogen and oxygen atoms in total. The smallest absolute Gasteiger partial charge is 0.271 e. The summed E-state index contributed by atoms with van der Waals surface area (Å²) in [5, 5.41) is 2.98. The SMILES string of the molecule is NC(=O)c1cnc(C(=O)N[C@H]2CCCc3ccccc32)cn1. The van der Waals surface area contributed by atoms with Gasteiger partial charge in [0.05, 0.1) is 18.4 Å². The summed E-state index contributed by atoms with van der Waals surface area (Å²) >= 11 is 0. The minimum atomic E-state index is -0.666. The molecule has 22 heavy (non-hydrogen) atoms. The van der Waals surface area contributed by atoms with Crippen LogP contribution in [0.4, 0.5) is 0 Å². The van der Waals surface area contributed by atoms with Crippen LogP contribution < -0.4 is 11.1 Å². The summed E-state index contributed by atoms with van der Waals surface area (Å²) in [5.41, 5.74) is 7.74. The molecule has 2 amide bonds. The van der Waals surface area contributed by atoms with Crippen LogP contribution in [0.2, 0.25) is 0 Å². The van der Waals surface area contributed by atoms with E-state index in [-0.39, 0.29) is 23.3 Å². The summed E-state index contributed by atoms with van der Waals surface area (Å²) in [6, 6.07) is 8.10. The lowest BCUT2D eigenvalue weighted by atomic mass is 9.88. The Morgan fingerprint density at radius 1 is 1.14 bits per heavy atom. The third-order valence-corrected chi connectivity index (χ3v) is 3.81. The van der Waals surface area contributed by atoms with E-state index >= 15 is 0 Å². The molecule has 1 aliphatic rings. The number of nitrogens with two attached hydrogens (primary N) is 1. The molecule has 0 aliphatic heterocycles. The summed E-state index contributed by atoms with van der Waals surface area (Å²) in [6.07, 6.45) is 5.45. The molecule has 3 N–H and O–H groups in total. The molecular weight excluding hydrogens is 280 g/mol. The molecule has 0 spiro atoms. The zero-order valence-electron chi connectivity index (χ0n) is 12.0. The molecule has 0 saturated heterocycles. The van der Waals surface area contributed by atoms with Crippen LogP contribution in [0.25, 0.3) is 0 Å². The molecule has 0 fully saturated rings. The zero-order valence-corrected chi connectivity index (χ0v) is 12.0. The summed E-state index contributed by atoms with van der Waals surface area (Å²) < 4.78 is 0. The average Bonchev–Trinajstić information content (AvgIpc) is 2.55. The van der Waals surface area contributed by atoms with Gasteiger partial charge in [-0.3, -0.25) is 9.59 Å². The fourth-order valence-electron chi connectivity index (χ4n) is 2.71. The van der Waals surface area contributed by atoms with Crippen molar-refractivity contribution < 1.29 is 9.59 Å². The second-order valence-corrected chi connectivity index (χ2v) is 5.27. The number of rotatable bonds is 3. The van der Waals surface area contributed by atoms with Gasteiger partial charge in [-0.2, -0.15) is 0 Å². The van der Waals surface area contributed by atoms with Crippen LogP contribution in [-0.2, 0) is 6.42 Å². The summed E-state index contributed by atoms with van der Waals surface area (Å²) in [7, 11) is 0. The van der Waals surface area contributed by atoms with E-state index in [0.717, 1.165) is 24.8 Å². The van der Waals surface area contributed by atoms with Crippen molar-refractivity contribution in [2.24, 2.45) is 5.73 Å². The van der Waals surface area contributed by atoms with Crippen molar-refractivity contribution in [2.75, 3.05) is 0 Å². The number of amides is 2. The van der Waals surface area contributed by atoms with Gasteiger partial charge in [0.1, 0.15) is 11.4 Å². The first-order valence-corrected chi connectivity index (χ1v) is 7.15. The van der Waals surface area contributed by atoms with Crippen LogP contribution in [0.3, 0.4) is 0 Å². The molecule has 1 aromatic carbocycles. The molecule has 0 radical (unpaired) electrons. The third kappa shape index (κ3) is 2.81. The minimum Gasteiger partial charge on any atom is -0.364 e. The molecular formula is C16H16N4O2. The Morgan fingerprint density at radius 3 is 2.59 bits per heavy atom. The topological polar surface area (TPSA) is 98.0 Å². The Labute approximate surface area is 127 Å². The van der Waals surface area contributed by atoms with Crippen molar-refractivity contribution in [2.45, 2.75) is 25.3 Å². The lowest BCUT2D eigenvalue weighted by molar-refractivity contribution is 0.0924. The van der Waals surface area contributed by atoms with E-state index in [2.05, 4.69) is 21.4 Å². The van der Waals surface area contributed by atoms with Gasteiger partial charge in [0.2, 0.25) is 0 Å². The Kier molecular flexibility index (Phi) is 3.82. The molecule has 0 bridgehead atoms. The molecule has 112 valence electrons. The zero-order chi connectivity index (χ0) is 15.5. The largest absolute Gasteiger partial charge is 0.364 e. The maximum absolute atomic E-state index is 12.3. The Morgan fingerprint density at radius 2 is 1.86 bits per heavy atom. The fourth-order valence-corrected chi connectivity index (χ4v) is 2.71. The van der Waals surface area contributed by atoms with Gasteiger partial charge in [0.15, 0.2) is 0 Å². The monoisotopic (exact) mass is 296 g/mol. The van der Waals surface area contributed by atoms with Crippen LogP contribution in [0.5, 0.6) is 0 Å². The second-order valence-electron chi connectivity index (χ2n) is 5.27. The molecule has 1 aliphatic carbocycles. The highest BCUT2D eigenvalue weighted by atomic mass is 16.2. The number of aromatic nitrogens is 2. The number of hydrogen-bond donors (Lipinski definition) is 2. The fraction of sp³-hybridized carbons (Fsp3) is 0.250. The first-order valence-electron chi connectivity index (χ1n) is 7.15. The number of fused-ring (bicyclic) bond motifs is 1. The van der Waals surface area contributed by atoms with Crippen molar-refractivity contribution in [1.82, 2.24) is 15.3 Å². The van der Waals surface area contributed by atoms with Crippen LogP contribution >= 0.6 is 0 Å². The van der Waals surface area contributed by atoms with Gasteiger partial charge in [-0.25, -0.2) is 9.97 Å². The van der Waals surface area contributed by atoms with Crippen molar-refractivity contribution in [3.63, 3.8) is 0 Å². The first kappa shape index (κ1) is 14.2. The van der Waals surface area contributed by atoms with Gasteiger partial charge in [-0.05, 0) is 30.4 Å². The van der Waals surface area contributed by atoms with Gasteiger partial charge >= 0.3 is 0 Å². The van der Waals surface area contributed by atoms with Crippen LogP contribution in [0, 0.1) is 0 Å². The maximum Gasteiger partial charge on any atom is 0.271 e. The molecule has 0 unspecified atom stereocenters. The number of benzene rings is 1. The highest BCUT2D eigenvalue weighted by Crippen LogP contribution is 2.29. The Hall–Kier alpha value is -2.76. The molecule has 1 atom stereocenters. The van der Waals surface area contributed by atoms with E-state index in [1.54, 1.807) is 0 Å². The highest BCUT2D eigenvalue weighted by Gasteiger charge is 2.22. The number of carbonyl (C=O) groups excluding carboxylic acids is 2. The van der Waals surface area contributed by atoms with Gasteiger partial charge in [0.25, 0.3) is 11.8 Å². The number of nitrogens with one attached hydrogen (secondary N) is 1. The number of aryl methyl sites for hydroxylation is 1. The predicted octanol–water partition coefficient (Wildman–Crippen LogP) is 1.38. The predicted molar refractivity (Wildman–Crippen MR) is 80.1 cm³/mol. The number of primary amides is 1. The van der Waals surface area contributed by atoms with Crippen LogP contribution in [0.1, 0.15) is 51.0 Å². The summed E-state index contributed by atoms with van der Waals surface area (Å²) in [5.74, 6) is -0.967. The van der Waals surface area contributed by atoms with E-state index in [4.69, 9.17) is 5.73 Å². The average molecular weight is 296 g/mol. The van der Waals surface area contributed by atoms with Crippen molar-refractivity contribution >= 4 is 11.8 Å². The van der Waals surface area contributed by atoms with Gasteiger partial charge in [0, 0.05) is 0 Å². The summed E-state index contributed by atoms with van der Waals surface area (Å²) in [4.78, 5) is 31.0. The lowest BCUT2D eigenvalue weighted by Crippen LogP contribution is -2.31. The van der Waals surface area contributed by atoms with E-state index in [9.17, 15) is 9.59 Å². The summed E-state index contributed by atoms with van der Waals surface area (Å²) in [6.45, 7) is 0. The number of hydrogen-bond acceptors (Lipinski definition) is 4. The van der Waals surface area contributed by atoms with Crippen LogP contribution in [-0.4, -0.2) is 21.8 Å². The second kappa shape index (κ2) is 5.93. The normalized spacial score (nSPS) is 16.6.